The van der Waals surface area contributed by atoms with Crippen LogP contribution in [0.2, 0.25) is 0 Å². The molecule has 0 radical (unpaired) electrons. The maximum Gasteiger partial charge on any atom is 0.251 e. The molecule has 1 amide bonds. The predicted octanol–water partition coefficient (Wildman–Crippen LogP) is 4.75. The summed E-state index contributed by atoms with van der Waals surface area (Å²) in [4.78, 5) is 15.0. The van der Waals surface area contributed by atoms with Gasteiger partial charge in [0.25, 0.3) is 5.91 Å². The van der Waals surface area contributed by atoms with Crippen molar-refractivity contribution in [1.29, 1.82) is 0 Å². The molecule has 1 aliphatic rings. The molecule has 4 nitrogen and oxygen atoms in total. The Labute approximate surface area is 184 Å². The zero-order valence-corrected chi connectivity index (χ0v) is 18.3. The van der Waals surface area contributed by atoms with Crippen molar-refractivity contribution in [2.24, 2.45) is 0 Å². The van der Waals surface area contributed by atoms with E-state index in [0.29, 0.717) is 12.2 Å². The van der Waals surface area contributed by atoms with E-state index in [2.05, 4.69) is 46.6 Å². The van der Waals surface area contributed by atoms with Crippen molar-refractivity contribution in [3.8, 4) is 5.75 Å². The van der Waals surface area contributed by atoms with Crippen LogP contribution in [0.15, 0.2) is 72.8 Å². The van der Waals surface area contributed by atoms with Gasteiger partial charge in [-0.2, -0.15) is 0 Å². The minimum absolute atomic E-state index is 0.0709. The van der Waals surface area contributed by atoms with Gasteiger partial charge in [-0.3, -0.25) is 9.69 Å². The lowest BCUT2D eigenvalue weighted by atomic mass is 9.99. The molecule has 1 atom stereocenters. The highest BCUT2D eigenvalue weighted by Gasteiger charge is 2.16. The molecule has 1 aliphatic heterocycles. The van der Waals surface area contributed by atoms with Crippen LogP contribution in [-0.4, -0.2) is 30.0 Å². The largest absolute Gasteiger partial charge is 0.491 e. The van der Waals surface area contributed by atoms with Crippen LogP contribution >= 0.6 is 0 Å². The number of carbonyl (C=O) groups is 1. The minimum Gasteiger partial charge on any atom is -0.491 e. The van der Waals surface area contributed by atoms with E-state index in [1.54, 1.807) is 0 Å². The van der Waals surface area contributed by atoms with E-state index in [1.807, 2.05) is 50.2 Å². The number of hydrogen-bond acceptors (Lipinski definition) is 3. The summed E-state index contributed by atoms with van der Waals surface area (Å²) in [6, 6.07) is 24.5. The number of amides is 1. The second-order valence-corrected chi connectivity index (χ2v) is 8.42. The van der Waals surface area contributed by atoms with Crippen molar-refractivity contribution < 1.29 is 9.53 Å². The molecule has 0 aromatic heterocycles. The minimum atomic E-state index is -0.0816. The number of hydrogen-bond donors (Lipinski definition) is 1. The van der Waals surface area contributed by atoms with Crippen LogP contribution < -0.4 is 10.1 Å². The molecular formula is C27H30N2O2. The molecule has 4 rings (SSSR count). The summed E-state index contributed by atoms with van der Waals surface area (Å²) in [5.41, 5.74) is 5.99. The van der Waals surface area contributed by atoms with Gasteiger partial charge in [-0.1, -0.05) is 54.1 Å². The highest BCUT2D eigenvalue weighted by atomic mass is 16.5. The summed E-state index contributed by atoms with van der Waals surface area (Å²) in [5, 5.41) is 3.02. The first-order chi connectivity index (χ1) is 15.1. The van der Waals surface area contributed by atoms with E-state index in [4.69, 9.17) is 4.74 Å². The molecule has 0 fully saturated rings. The molecule has 3 aromatic carbocycles. The number of aryl methyl sites for hydroxylation is 1. The molecule has 160 valence electrons. The summed E-state index contributed by atoms with van der Waals surface area (Å²) in [6.07, 6.45) is 1.10. The average molecular weight is 415 g/mol. The fourth-order valence-electron chi connectivity index (χ4n) is 3.91. The van der Waals surface area contributed by atoms with Crippen LogP contribution in [0, 0.1) is 6.92 Å². The van der Waals surface area contributed by atoms with Crippen molar-refractivity contribution >= 4 is 5.91 Å². The van der Waals surface area contributed by atoms with E-state index in [9.17, 15) is 4.79 Å². The van der Waals surface area contributed by atoms with Gasteiger partial charge < -0.3 is 10.1 Å². The van der Waals surface area contributed by atoms with Crippen molar-refractivity contribution in [1.82, 2.24) is 10.2 Å². The lowest BCUT2D eigenvalue weighted by Crippen LogP contribution is -2.36. The summed E-state index contributed by atoms with van der Waals surface area (Å²) in [7, 11) is 0. The summed E-state index contributed by atoms with van der Waals surface area (Å²) in [6.45, 7) is 7.38. The molecular weight excluding hydrogens is 384 g/mol. The van der Waals surface area contributed by atoms with E-state index in [-0.39, 0.29) is 11.9 Å². The standard InChI is InChI=1S/C27H30N2O2/c1-20-7-13-26(14-8-20)31-19-21(2)28-27(30)24-11-9-22(10-12-24)17-29-16-15-23-5-3-4-6-25(23)18-29/h3-14,21H,15-19H2,1-2H3,(H,28,30). The lowest BCUT2D eigenvalue weighted by Gasteiger charge is -2.28. The van der Waals surface area contributed by atoms with Crippen LogP contribution in [0.5, 0.6) is 5.75 Å². The fourth-order valence-corrected chi connectivity index (χ4v) is 3.91. The van der Waals surface area contributed by atoms with Crippen molar-refractivity contribution in [2.45, 2.75) is 39.4 Å². The molecule has 0 aliphatic carbocycles. The second-order valence-electron chi connectivity index (χ2n) is 8.42. The van der Waals surface area contributed by atoms with Gasteiger partial charge in [-0.15, -0.1) is 0 Å². The Morgan fingerprint density at radius 3 is 2.45 bits per heavy atom. The summed E-state index contributed by atoms with van der Waals surface area (Å²) in [5.74, 6) is 0.745. The molecule has 3 aromatic rings. The van der Waals surface area contributed by atoms with Crippen LogP contribution in [0.1, 0.15) is 39.5 Å². The Bertz CT molecular complexity index is 1010. The fraction of sp³-hybridized carbons (Fsp3) is 0.296. The van der Waals surface area contributed by atoms with Gasteiger partial charge in [0.2, 0.25) is 0 Å². The topological polar surface area (TPSA) is 41.6 Å². The van der Waals surface area contributed by atoms with Crippen LogP contribution in [0.3, 0.4) is 0 Å². The van der Waals surface area contributed by atoms with Crippen molar-refractivity contribution in [2.75, 3.05) is 13.2 Å². The number of carbonyl (C=O) groups excluding carboxylic acids is 1. The molecule has 4 heteroatoms. The van der Waals surface area contributed by atoms with Crippen LogP contribution in [0.4, 0.5) is 0 Å². The van der Waals surface area contributed by atoms with Crippen LogP contribution in [-0.2, 0) is 19.5 Å². The zero-order chi connectivity index (χ0) is 21.6. The van der Waals surface area contributed by atoms with Gasteiger partial charge in [-0.05, 0) is 61.2 Å². The molecule has 31 heavy (non-hydrogen) atoms. The summed E-state index contributed by atoms with van der Waals surface area (Å²) < 4.78 is 5.77. The van der Waals surface area contributed by atoms with Gasteiger partial charge in [0, 0.05) is 25.2 Å². The highest BCUT2D eigenvalue weighted by molar-refractivity contribution is 5.94. The van der Waals surface area contributed by atoms with Gasteiger partial charge in [0.15, 0.2) is 0 Å². The molecule has 0 saturated carbocycles. The molecule has 0 saturated heterocycles. The number of fused-ring (bicyclic) bond motifs is 1. The second kappa shape index (κ2) is 9.80. The third-order valence-corrected chi connectivity index (χ3v) is 5.73. The van der Waals surface area contributed by atoms with Gasteiger partial charge >= 0.3 is 0 Å². The van der Waals surface area contributed by atoms with Crippen molar-refractivity contribution in [3.63, 3.8) is 0 Å². The maximum atomic E-state index is 12.6. The van der Waals surface area contributed by atoms with Crippen LogP contribution in [0.25, 0.3) is 0 Å². The van der Waals surface area contributed by atoms with Gasteiger partial charge in [-0.25, -0.2) is 0 Å². The molecule has 0 spiro atoms. The normalized spacial score (nSPS) is 14.5. The van der Waals surface area contributed by atoms with Crippen molar-refractivity contribution in [3.05, 3.63) is 101 Å². The van der Waals surface area contributed by atoms with E-state index < -0.39 is 0 Å². The first-order valence-electron chi connectivity index (χ1n) is 11.0. The smallest absolute Gasteiger partial charge is 0.251 e. The first kappa shape index (κ1) is 21.1. The third kappa shape index (κ3) is 5.74. The Kier molecular flexibility index (Phi) is 6.68. The lowest BCUT2D eigenvalue weighted by molar-refractivity contribution is 0.0926. The Morgan fingerprint density at radius 1 is 1.00 bits per heavy atom. The Balaban J connectivity index is 1.26. The first-order valence-corrected chi connectivity index (χ1v) is 11.0. The number of nitrogens with one attached hydrogen (secondary N) is 1. The van der Waals surface area contributed by atoms with E-state index in [1.165, 1.54) is 22.3 Å². The molecule has 1 N–H and O–H groups in total. The number of benzene rings is 3. The monoisotopic (exact) mass is 414 g/mol. The predicted molar refractivity (Wildman–Crippen MR) is 124 cm³/mol. The Morgan fingerprint density at radius 2 is 1.71 bits per heavy atom. The van der Waals surface area contributed by atoms with Gasteiger partial charge in [0.1, 0.15) is 12.4 Å². The SMILES string of the molecule is Cc1ccc(OCC(C)NC(=O)c2ccc(CN3CCc4ccccc4C3)cc2)cc1. The zero-order valence-electron chi connectivity index (χ0n) is 18.3. The average Bonchev–Trinajstić information content (AvgIpc) is 2.79. The van der Waals surface area contributed by atoms with Gasteiger partial charge in [0.05, 0.1) is 6.04 Å². The molecule has 1 heterocycles. The quantitative estimate of drug-likeness (QED) is 0.607. The summed E-state index contributed by atoms with van der Waals surface area (Å²) >= 11 is 0. The van der Waals surface area contributed by atoms with E-state index in [0.717, 1.165) is 31.8 Å². The third-order valence-electron chi connectivity index (χ3n) is 5.73. The molecule has 0 bridgehead atoms. The highest BCUT2D eigenvalue weighted by Crippen LogP contribution is 2.20. The number of nitrogens with zero attached hydrogens (tertiary/aromatic N) is 1. The number of rotatable bonds is 7. The number of ether oxygens (including phenoxy) is 1. The van der Waals surface area contributed by atoms with E-state index >= 15 is 0 Å². The maximum absolute atomic E-state index is 12.6. The Hall–Kier alpha value is -3.11. The molecule has 1 unspecified atom stereocenters.